The molecular weight excluding hydrogens is 373 g/mol. The number of benzene rings is 1. The highest BCUT2D eigenvalue weighted by Gasteiger charge is 2.13. The molecule has 6 nitrogen and oxygen atoms in total. The second kappa shape index (κ2) is 8.46. The van der Waals surface area contributed by atoms with Gasteiger partial charge in [0.1, 0.15) is 4.90 Å². The van der Waals surface area contributed by atoms with E-state index in [1.165, 1.54) is 25.6 Å². The molecule has 2 rings (SSSR count). The lowest BCUT2D eigenvalue weighted by Gasteiger charge is -2.11. The molecule has 0 aliphatic rings. The number of hydroxylamine groups is 1. The molecule has 0 saturated carbocycles. The van der Waals surface area contributed by atoms with Crippen LogP contribution in [0.15, 0.2) is 53.7 Å². The summed E-state index contributed by atoms with van der Waals surface area (Å²) in [5.74, 6) is 0. The van der Waals surface area contributed by atoms with E-state index in [1.54, 1.807) is 30.3 Å². The van der Waals surface area contributed by atoms with Gasteiger partial charge in [-0.3, -0.25) is 15.3 Å². The predicted octanol–water partition coefficient (Wildman–Crippen LogP) is 2.86. The molecule has 0 spiro atoms. The standard InChI is InChI=1S/C15H15Cl2N3O3S/c1-23-20-15(11-4-5-13(16)14(17)9-11)6-8-19-24(21,22)12-3-2-7-18-10-12/h2-7,9-10,19-20H,8H2,1H3. The van der Waals surface area contributed by atoms with Gasteiger partial charge in [0.25, 0.3) is 0 Å². The van der Waals surface area contributed by atoms with E-state index in [4.69, 9.17) is 28.0 Å². The first kappa shape index (κ1) is 18.7. The third-order valence-corrected chi connectivity index (χ3v) is 5.11. The van der Waals surface area contributed by atoms with Crippen molar-refractivity contribution in [3.8, 4) is 0 Å². The maximum atomic E-state index is 12.1. The third kappa shape index (κ3) is 4.93. The Kier molecular flexibility index (Phi) is 6.59. The van der Waals surface area contributed by atoms with Crippen molar-refractivity contribution in [2.24, 2.45) is 0 Å². The maximum Gasteiger partial charge on any atom is 0.242 e. The van der Waals surface area contributed by atoms with E-state index >= 15 is 0 Å². The average molecular weight is 388 g/mol. The Hall–Kier alpha value is -1.64. The Balaban J connectivity index is 2.15. The summed E-state index contributed by atoms with van der Waals surface area (Å²) in [5.41, 5.74) is 3.93. The van der Waals surface area contributed by atoms with Crippen molar-refractivity contribution in [2.75, 3.05) is 13.7 Å². The minimum atomic E-state index is -3.64. The number of hydrogen-bond donors (Lipinski definition) is 2. The second-order valence-electron chi connectivity index (χ2n) is 4.59. The molecule has 1 heterocycles. The minimum absolute atomic E-state index is 0.0448. The second-order valence-corrected chi connectivity index (χ2v) is 7.17. The SMILES string of the molecule is CONC(=CCNS(=O)(=O)c1cccnc1)c1ccc(Cl)c(Cl)c1. The Morgan fingerprint density at radius 3 is 2.71 bits per heavy atom. The van der Waals surface area contributed by atoms with Crippen molar-refractivity contribution in [1.82, 2.24) is 15.2 Å². The minimum Gasteiger partial charge on any atom is -0.279 e. The van der Waals surface area contributed by atoms with Crippen LogP contribution in [-0.4, -0.2) is 27.1 Å². The zero-order valence-electron chi connectivity index (χ0n) is 12.7. The molecule has 0 amide bonds. The Morgan fingerprint density at radius 2 is 2.08 bits per heavy atom. The molecule has 0 unspecified atom stereocenters. The molecule has 1 aromatic heterocycles. The van der Waals surface area contributed by atoms with Crippen LogP contribution < -0.4 is 10.2 Å². The molecule has 2 N–H and O–H groups in total. The first-order chi connectivity index (χ1) is 11.4. The Labute approximate surface area is 150 Å². The van der Waals surface area contributed by atoms with Gasteiger partial charge in [0.15, 0.2) is 0 Å². The summed E-state index contributed by atoms with van der Waals surface area (Å²) in [6.07, 6.45) is 4.40. The van der Waals surface area contributed by atoms with Gasteiger partial charge in [-0.2, -0.15) is 0 Å². The maximum absolute atomic E-state index is 12.1. The molecule has 2 aromatic rings. The Bertz CT molecular complexity index is 827. The van der Waals surface area contributed by atoms with Crippen molar-refractivity contribution >= 4 is 38.9 Å². The quantitative estimate of drug-likeness (QED) is 0.713. The highest BCUT2D eigenvalue weighted by Crippen LogP contribution is 2.25. The fourth-order valence-electron chi connectivity index (χ4n) is 1.83. The molecule has 0 radical (unpaired) electrons. The van der Waals surface area contributed by atoms with Crippen molar-refractivity contribution in [2.45, 2.75) is 4.90 Å². The van der Waals surface area contributed by atoms with Crippen LogP contribution in [0, 0.1) is 0 Å². The number of hydrogen-bond acceptors (Lipinski definition) is 5. The van der Waals surface area contributed by atoms with E-state index in [1.807, 2.05) is 0 Å². The molecule has 128 valence electrons. The highest BCUT2D eigenvalue weighted by atomic mass is 35.5. The van der Waals surface area contributed by atoms with Gasteiger partial charge in [-0.25, -0.2) is 13.1 Å². The number of sulfonamides is 1. The fourth-order valence-corrected chi connectivity index (χ4v) is 3.06. The van der Waals surface area contributed by atoms with Gasteiger partial charge < -0.3 is 0 Å². The number of pyridine rings is 1. The summed E-state index contributed by atoms with van der Waals surface area (Å²) >= 11 is 11.9. The van der Waals surface area contributed by atoms with Gasteiger partial charge in [-0.1, -0.05) is 29.3 Å². The summed E-state index contributed by atoms with van der Waals surface area (Å²) in [4.78, 5) is 8.80. The van der Waals surface area contributed by atoms with Gasteiger partial charge in [-0.15, -0.1) is 0 Å². The first-order valence-corrected chi connectivity index (χ1v) is 9.02. The monoisotopic (exact) mass is 387 g/mol. The van der Waals surface area contributed by atoms with Crippen molar-refractivity contribution in [3.05, 3.63) is 64.4 Å². The number of nitrogens with one attached hydrogen (secondary N) is 2. The van der Waals surface area contributed by atoms with Gasteiger partial charge in [-0.05, 0) is 30.3 Å². The first-order valence-electron chi connectivity index (χ1n) is 6.78. The zero-order valence-corrected chi connectivity index (χ0v) is 15.0. The summed E-state index contributed by atoms with van der Waals surface area (Å²) < 4.78 is 26.7. The summed E-state index contributed by atoms with van der Waals surface area (Å²) in [6.45, 7) is 0.0448. The number of aromatic nitrogens is 1. The predicted molar refractivity (Wildman–Crippen MR) is 94.0 cm³/mol. The zero-order chi connectivity index (χ0) is 17.6. The van der Waals surface area contributed by atoms with Crippen LogP contribution in [0.5, 0.6) is 0 Å². The average Bonchev–Trinajstić information content (AvgIpc) is 2.57. The molecule has 1 aromatic carbocycles. The third-order valence-electron chi connectivity index (χ3n) is 2.97. The van der Waals surface area contributed by atoms with Gasteiger partial charge in [0.2, 0.25) is 10.0 Å². The topological polar surface area (TPSA) is 80.3 Å². The smallest absolute Gasteiger partial charge is 0.242 e. The molecule has 0 atom stereocenters. The number of halogens is 2. The number of nitrogens with zero attached hydrogens (tertiary/aromatic N) is 1. The summed E-state index contributed by atoms with van der Waals surface area (Å²) in [7, 11) is -2.19. The summed E-state index contributed by atoms with van der Waals surface area (Å²) in [6, 6.07) is 8.05. The molecule has 9 heteroatoms. The van der Waals surface area contributed by atoms with Crippen LogP contribution in [0.25, 0.3) is 5.70 Å². The van der Waals surface area contributed by atoms with Gasteiger partial charge in [0, 0.05) is 24.5 Å². The molecule has 0 aliphatic carbocycles. The largest absolute Gasteiger partial charge is 0.279 e. The molecule has 0 saturated heterocycles. The van der Waals surface area contributed by atoms with Gasteiger partial charge >= 0.3 is 0 Å². The van der Waals surface area contributed by atoms with Crippen molar-refractivity contribution in [1.29, 1.82) is 0 Å². The van der Waals surface area contributed by atoms with Crippen molar-refractivity contribution in [3.63, 3.8) is 0 Å². The lowest BCUT2D eigenvalue weighted by atomic mass is 10.1. The molecular formula is C15H15Cl2N3O3S. The normalized spacial score (nSPS) is 12.2. The van der Waals surface area contributed by atoms with E-state index in [0.29, 0.717) is 21.3 Å². The van der Waals surface area contributed by atoms with E-state index in [-0.39, 0.29) is 11.4 Å². The van der Waals surface area contributed by atoms with E-state index in [9.17, 15) is 8.42 Å². The fraction of sp³-hybridized carbons (Fsp3) is 0.133. The van der Waals surface area contributed by atoms with E-state index in [2.05, 4.69) is 15.2 Å². The number of rotatable bonds is 7. The Morgan fingerprint density at radius 1 is 1.29 bits per heavy atom. The van der Waals surface area contributed by atoms with Crippen LogP contribution in [0.1, 0.15) is 5.56 Å². The van der Waals surface area contributed by atoms with Crippen LogP contribution in [-0.2, 0) is 14.9 Å². The van der Waals surface area contributed by atoms with Crippen LogP contribution in [0.4, 0.5) is 0 Å². The van der Waals surface area contributed by atoms with Crippen LogP contribution in [0.3, 0.4) is 0 Å². The highest BCUT2D eigenvalue weighted by molar-refractivity contribution is 7.89. The van der Waals surface area contributed by atoms with Crippen molar-refractivity contribution < 1.29 is 13.3 Å². The van der Waals surface area contributed by atoms with E-state index in [0.717, 1.165) is 0 Å². The van der Waals surface area contributed by atoms with E-state index < -0.39 is 10.0 Å². The molecule has 24 heavy (non-hydrogen) atoms. The van der Waals surface area contributed by atoms with Crippen LogP contribution >= 0.6 is 23.2 Å². The molecule has 0 fully saturated rings. The molecule has 0 aliphatic heterocycles. The lowest BCUT2D eigenvalue weighted by Crippen LogP contribution is -2.24. The molecule has 0 bridgehead atoms. The summed E-state index contributed by atoms with van der Waals surface area (Å²) in [5, 5.41) is 0.809. The lowest BCUT2D eigenvalue weighted by molar-refractivity contribution is 0.136. The van der Waals surface area contributed by atoms with Crippen LogP contribution in [0.2, 0.25) is 10.0 Å². The van der Waals surface area contributed by atoms with Gasteiger partial charge in [0.05, 0.1) is 22.9 Å².